The molecule has 6 nitrogen and oxygen atoms in total. The smallest absolute Gasteiger partial charge is 0.227 e. The lowest BCUT2D eigenvalue weighted by molar-refractivity contribution is 0.359. The van der Waals surface area contributed by atoms with Crippen molar-refractivity contribution in [2.24, 2.45) is 5.92 Å². The van der Waals surface area contributed by atoms with Crippen molar-refractivity contribution in [2.75, 3.05) is 0 Å². The van der Waals surface area contributed by atoms with Crippen molar-refractivity contribution in [1.82, 2.24) is 20.1 Å². The van der Waals surface area contributed by atoms with Crippen LogP contribution >= 0.6 is 0 Å². The number of aromatic nitrogens is 4. The molecule has 0 saturated heterocycles. The first kappa shape index (κ1) is 11.2. The normalized spacial score (nSPS) is 12.0. The Morgan fingerprint density at radius 2 is 2.35 bits per heavy atom. The highest BCUT2D eigenvalue weighted by molar-refractivity contribution is 5.45. The standard InChI is InChI=1S/C11H11N5O/c1-8(2-3-12)6-10-15-11(16-17-10)9-7-13-4-5-14-9/h4-5,7-8H,2,6H2,1H3. The molecule has 0 aliphatic rings. The highest BCUT2D eigenvalue weighted by atomic mass is 16.5. The van der Waals surface area contributed by atoms with Crippen LogP contribution in [0.3, 0.4) is 0 Å². The number of nitriles is 1. The predicted octanol–water partition coefficient (Wildman–Crippen LogP) is 1.62. The quantitative estimate of drug-likeness (QED) is 0.791. The fourth-order valence-electron chi connectivity index (χ4n) is 1.38. The molecule has 2 rings (SSSR count). The van der Waals surface area contributed by atoms with Crippen LogP contribution in [0.2, 0.25) is 0 Å². The van der Waals surface area contributed by atoms with Crippen LogP contribution in [-0.2, 0) is 6.42 Å². The third-order valence-electron chi connectivity index (χ3n) is 2.22. The van der Waals surface area contributed by atoms with Crippen molar-refractivity contribution >= 4 is 0 Å². The summed E-state index contributed by atoms with van der Waals surface area (Å²) in [6.07, 6.45) is 5.81. The van der Waals surface area contributed by atoms with Gasteiger partial charge in [0.15, 0.2) is 0 Å². The van der Waals surface area contributed by atoms with E-state index in [9.17, 15) is 0 Å². The van der Waals surface area contributed by atoms with Gasteiger partial charge in [0.25, 0.3) is 0 Å². The van der Waals surface area contributed by atoms with Gasteiger partial charge in [0.05, 0.1) is 12.3 Å². The minimum absolute atomic E-state index is 0.204. The average Bonchev–Trinajstić information content (AvgIpc) is 2.79. The zero-order chi connectivity index (χ0) is 12.1. The molecule has 6 heteroatoms. The van der Waals surface area contributed by atoms with E-state index in [0.717, 1.165) is 0 Å². The summed E-state index contributed by atoms with van der Waals surface area (Å²) in [5.74, 6) is 1.15. The van der Waals surface area contributed by atoms with Crippen LogP contribution in [0.5, 0.6) is 0 Å². The van der Waals surface area contributed by atoms with Crippen molar-refractivity contribution in [3.63, 3.8) is 0 Å². The van der Waals surface area contributed by atoms with Gasteiger partial charge in [-0.25, -0.2) is 4.98 Å². The van der Waals surface area contributed by atoms with Gasteiger partial charge in [0.1, 0.15) is 5.69 Å². The van der Waals surface area contributed by atoms with Crippen molar-refractivity contribution in [1.29, 1.82) is 5.26 Å². The summed E-state index contributed by atoms with van der Waals surface area (Å²) < 4.78 is 5.10. The second-order valence-electron chi connectivity index (χ2n) is 3.77. The summed E-state index contributed by atoms with van der Waals surface area (Å²) in [6.45, 7) is 1.97. The molecule has 2 aromatic rings. The van der Waals surface area contributed by atoms with Gasteiger partial charge in [-0.05, 0) is 5.92 Å². The molecule has 17 heavy (non-hydrogen) atoms. The Bertz CT molecular complexity index is 516. The number of hydrogen-bond donors (Lipinski definition) is 0. The number of nitrogens with zero attached hydrogens (tertiary/aromatic N) is 5. The molecule has 0 spiro atoms. The molecule has 86 valence electrons. The zero-order valence-corrected chi connectivity index (χ0v) is 9.37. The zero-order valence-electron chi connectivity index (χ0n) is 9.37. The van der Waals surface area contributed by atoms with Crippen molar-refractivity contribution in [3.05, 3.63) is 24.5 Å². The van der Waals surface area contributed by atoms with E-state index < -0.39 is 0 Å². The maximum Gasteiger partial charge on any atom is 0.227 e. The molecule has 0 fully saturated rings. The lowest BCUT2D eigenvalue weighted by atomic mass is 10.1. The highest BCUT2D eigenvalue weighted by Gasteiger charge is 2.12. The molecule has 2 aromatic heterocycles. The van der Waals surface area contributed by atoms with Crippen LogP contribution in [0.15, 0.2) is 23.1 Å². The molecule has 2 heterocycles. The molecule has 0 aliphatic heterocycles. The maximum absolute atomic E-state index is 8.56. The molecule has 1 unspecified atom stereocenters. The van der Waals surface area contributed by atoms with Gasteiger partial charge in [-0.3, -0.25) is 4.98 Å². The molecule has 1 atom stereocenters. The van der Waals surface area contributed by atoms with Crippen molar-refractivity contribution in [3.8, 4) is 17.6 Å². The Morgan fingerprint density at radius 3 is 3.06 bits per heavy atom. The lowest BCUT2D eigenvalue weighted by Gasteiger charge is -2.00. The Balaban J connectivity index is 2.09. The summed E-state index contributed by atoms with van der Waals surface area (Å²) in [5.41, 5.74) is 0.579. The molecule has 0 aliphatic carbocycles. The van der Waals surface area contributed by atoms with Crippen molar-refractivity contribution in [2.45, 2.75) is 19.8 Å². The second-order valence-corrected chi connectivity index (χ2v) is 3.77. The van der Waals surface area contributed by atoms with Gasteiger partial charge in [-0.15, -0.1) is 0 Å². The van der Waals surface area contributed by atoms with Gasteiger partial charge in [0, 0.05) is 25.2 Å². The first-order valence-electron chi connectivity index (χ1n) is 5.25. The van der Waals surface area contributed by atoms with Gasteiger partial charge < -0.3 is 4.52 Å². The summed E-state index contributed by atoms with van der Waals surface area (Å²) in [5, 5.41) is 12.4. The number of rotatable bonds is 4. The van der Waals surface area contributed by atoms with E-state index in [4.69, 9.17) is 9.78 Å². The van der Waals surface area contributed by atoms with Crippen LogP contribution in [0.1, 0.15) is 19.2 Å². The van der Waals surface area contributed by atoms with Gasteiger partial charge in [-0.1, -0.05) is 12.1 Å². The first-order valence-corrected chi connectivity index (χ1v) is 5.25. The van der Waals surface area contributed by atoms with Gasteiger partial charge >= 0.3 is 0 Å². The molecule has 0 radical (unpaired) electrons. The fourth-order valence-corrected chi connectivity index (χ4v) is 1.38. The van der Waals surface area contributed by atoms with E-state index in [2.05, 4.69) is 26.2 Å². The summed E-state index contributed by atoms with van der Waals surface area (Å²) in [7, 11) is 0. The molecule has 0 N–H and O–H groups in total. The monoisotopic (exact) mass is 229 g/mol. The molecule has 0 amide bonds. The maximum atomic E-state index is 8.56. The fraction of sp³-hybridized carbons (Fsp3) is 0.364. The van der Waals surface area contributed by atoms with Crippen molar-refractivity contribution < 1.29 is 4.52 Å². The Kier molecular flexibility index (Phi) is 3.40. The lowest BCUT2D eigenvalue weighted by Crippen LogP contribution is -1.98. The van der Waals surface area contributed by atoms with Crippen LogP contribution in [0.4, 0.5) is 0 Å². The first-order chi connectivity index (χ1) is 8.29. The summed E-state index contributed by atoms with van der Waals surface area (Å²) >= 11 is 0. The third-order valence-corrected chi connectivity index (χ3v) is 2.22. The van der Waals surface area contributed by atoms with Crippen LogP contribution < -0.4 is 0 Å². The van der Waals surface area contributed by atoms with E-state index in [1.54, 1.807) is 18.6 Å². The van der Waals surface area contributed by atoms with Gasteiger partial charge in [-0.2, -0.15) is 10.2 Å². The molecular weight excluding hydrogens is 218 g/mol. The number of hydrogen-bond acceptors (Lipinski definition) is 6. The highest BCUT2D eigenvalue weighted by Crippen LogP contribution is 2.14. The largest absolute Gasteiger partial charge is 0.339 e. The average molecular weight is 229 g/mol. The Hall–Kier alpha value is -2.29. The second kappa shape index (κ2) is 5.16. The SMILES string of the molecule is CC(CC#N)Cc1nc(-c2cnccn2)no1. The Morgan fingerprint density at radius 1 is 1.47 bits per heavy atom. The predicted molar refractivity (Wildman–Crippen MR) is 58.4 cm³/mol. The van der Waals surface area contributed by atoms with Gasteiger partial charge in [0.2, 0.25) is 11.7 Å². The van der Waals surface area contributed by atoms with E-state index in [0.29, 0.717) is 30.3 Å². The molecule has 0 aromatic carbocycles. The third kappa shape index (κ3) is 2.84. The van der Waals surface area contributed by atoms with Crippen LogP contribution in [-0.4, -0.2) is 20.1 Å². The molecule has 0 bridgehead atoms. The minimum Gasteiger partial charge on any atom is -0.339 e. The Labute approximate surface area is 98.3 Å². The molecular formula is C11H11N5O. The minimum atomic E-state index is 0.204. The van der Waals surface area contributed by atoms with Crippen LogP contribution in [0, 0.1) is 17.2 Å². The van der Waals surface area contributed by atoms with E-state index in [1.165, 1.54) is 0 Å². The van der Waals surface area contributed by atoms with E-state index in [1.807, 2.05) is 6.92 Å². The van der Waals surface area contributed by atoms with Crippen LogP contribution in [0.25, 0.3) is 11.5 Å². The van der Waals surface area contributed by atoms with E-state index in [-0.39, 0.29) is 5.92 Å². The molecule has 0 saturated carbocycles. The summed E-state index contributed by atoms with van der Waals surface area (Å²) in [4.78, 5) is 12.2. The van der Waals surface area contributed by atoms with E-state index >= 15 is 0 Å². The topological polar surface area (TPSA) is 88.5 Å². The summed E-state index contributed by atoms with van der Waals surface area (Å²) in [6, 6.07) is 2.11.